The molecule has 0 spiro atoms. The van der Waals surface area contributed by atoms with Crippen molar-refractivity contribution in [2.24, 2.45) is 0 Å². The molecular weight excluding hydrogens is 318 g/mol. The van der Waals surface area contributed by atoms with Gasteiger partial charge in [-0.05, 0) is 51.5 Å². The number of benzene rings is 1. The lowest BCUT2D eigenvalue weighted by molar-refractivity contribution is 0.0508. The fourth-order valence-electron chi connectivity index (χ4n) is 1.39. The summed E-state index contributed by atoms with van der Waals surface area (Å²) in [6, 6.07) is 5.35. The van der Waals surface area contributed by atoms with E-state index in [0.29, 0.717) is 5.02 Å². The Kier molecular flexibility index (Phi) is 5.05. The molecular formula is C13H17BrClNO2. The Labute approximate surface area is 121 Å². The molecule has 1 aromatic carbocycles. The van der Waals surface area contributed by atoms with Crippen molar-refractivity contribution >= 4 is 33.6 Å². The summed E-state index contributed by atoms with van der Waals surface area (Å²) in [7, 11) is 0. The second kappa shape index (κ2) is 5.93. The average Bonchev–Trinajstić information content (AvgIpc) is 2.12. The van der Waals surface area contributed by atoms with Crippen LogP contribution in [0.4, 0.5) is 4.79 Å². The van der Waals surface area contributed by atoms with Gasteiger partial charge in [-0.1, -0.05) is 27.5 Å². The Balaban J connectivity index is 2.70. The number of hydrogen-bond acceptors (Lipinski definition) is 2. The second-order valence-electron chi connectivity index (χ2n) is 5.07. The normalized spacial score (nSPS) is 13.0. The van der Waals surface area contributed by atoms with E-state index in [0.717, 1.165) is 10.0 Å². The summed E-state index contributed by atoms with van der Waals surface area (Å²) in [5, 5.41) is 3.39. The zero-order valence-corrected chi connectivity index (χ0v) is 13.2. The van der Waals surface area contributed by atoms with Crippen molar-refractivity contribution in [2.45, 2.75) is 39.3 Å². The molecule has 1 unspecified atom stereocenters. The van der Waals surface area contributed by atoms with Crippen molar-refractivity contribution in [1.82, 2.24) is 5.32 Å². The molecule has 1 rings (SSSR count). The van der Waals surface area contributed by atoms with Gasteiger partial charge in [-0.2, -0.15) is 0 Å². The first kappa shape index (κ1) is 15.3. The van der Waals surface area contributed by atoms with Crippen molar-refractivity contribution < 1.29 is 9.53 Å². The standard InChI is InChI=1S/C13H17BrClNO2/c1-8(16-12(17)18-13(2,3)4)9-5-10(14)7-11(15)6-9/h5-8H,1-4H3,(H,16,17). The predicted octanol–water partition coefficient (Wildman–Crippen LogP) is 4.69. The molecule has 0 radical (unpaired) electrons. The Hall–Kier alpha value is -0.740. The third-order valence-electron chi connectivity index (χ3n) is 2.12. The van der Waals surface area contributed by atoms with Gasteiger partial charge in [0, 0.05) is 9.50 Å². The summed E-state index contributed by atoms with van der Waals surface area (Å²) < 4.78 is 6.07. The van der Waals surface area contributed by atoms with Crippen LogP contribution < -0.4 is 5.32 Å². The van der Waals surface area contributed by atoms with Gasteiger partial charge >= 0.3 is 6.09 Å². The third-order valence-corrected chi connectivity index (χ3v) is 2.79. The second-order valence-corrected chi connectivity index (χ2v) is 6.42. The molecule has 0 saturated carbocycles. The molecule has 18 heavy (non-hydrogen) atoms. The molecule has 1 aromatic rings. The molecule has 0 aliphatic rings. The van der Waals surface area contributed by atoms with Crippen molar-refractivity contribution in [3.8, 4) is 0 Å². The SMILES string of the molecule is CC(NC(=O)OC(C)(C)C)c1cc(Cl)cc(Br)c1. The van der Waals surface area contributed by atoms with Crippen molar-refractivity contribution in [3.05, 3.63) is 33.3 Å². The van der Waals surface area contributed by atoms with Crippen molar-refractivity contribution in [1.29, 1.82) is 0 Å². The molecule has 0 heterocycles. The van der Waals surface area contributed by atoms with Gasteiger partial charge < -0.3 is 10.1 Å². The predicted molar refractivity (Wildman–Crippen MR) is 76.9 cm³/mol. The Bertz CT molecular complexity index is 423. The highest BCUT2D eigenvalue weighted by atomic mass is 79.9. The Morgan fingerprint density at radius 1 is 1.39 bits per heavy atom. The van der Waals surface area contributed by atoms with Gasteiger partial charge in [-0.25, -0.2) is 4.79 Å². The monoisotopic (exact) mass is 333 g/mol. The minimum absolute atomic E-state index is 0.171. The van der Waals surface area contributed by atoms with Gasteiger partial charge in [0.05, 0.1) is 6.04 Å². The maximum Gasteiger partial charge on any atom is 0.408 e. The number of ether oxygens (including phenoxy) is 1. The Morgan fingerprint density at radius 2 is 2.00 bits per heavy atom. The van der Waals surface area contributed by atoms with Crippen LogP contribution in [0.5, 0.6) is 0 Å². The van der Waals surface area contributed by atoms with E-state index in [9.17, 15) is 4.79 Å². The van der Waals surface area contributed by atoms with Crippen LogP contribution in [-0.4, -0.2) is 11.7 Å². The number of carbonyl (C=O) groups is 1. The average molecular weight is 335 g/mol. The largest absolute Gasteiger partial charge is 0.444 e. The summed E-state index contributed by atoms with van der Waals surface area (Å²) in [6.45, 7) is 7.36. The van der Waals surface area contributed by atoms with E-state index in [-0.39, 0.29) is 6.04 Å². The van der Waals surface area contributed by atoms with Crippen LogP contribution in [-0.2, 0) is 4.74 Å². The first-order valence-electron chi connectivity index (χ1n) is 5.63. The smallest absolute Gasteiger partial charge is 0.408 e. The summed E-state index contributed by atoms with van der Waals surface area (Å²) >= 11 is 9.33. The molecule has 5 heteroatoms. The van der Waals surface area contributed by atoms with Crippen LogP contribution >= 0.6 is 27.5 Å². The molecule has 1 amide bonds. The minimum Gasteiger partial charge on any atom is -0.444 e. The molecule has 1 atom stereocenters. The van der Waals surface area contributed by atoms with E-state index in [4.69, 9.17) is 16.3 Å². The van der Waals surface area contributed by atoms with E-state index < -0.39 is 11.7 Å². The van der Waals surface area contributed by atoms with Gasteiger partial charge in [0.15, 0.2) is 0 Å². The van der Waals surface area contributed by atoms with E-state index in [1.807, 2.05) is 39.8 Å². The van der Waals surface area contributed by atoms with Gasteiger partial charge in [0.25, 0.3) is 0 Å². The lowest BCUT2D eigenvalue weighted by Gasteiger charge is -2.22. The topological polar surface area (TPSA) is 38.3 Å². The zero-order chi connectivity index (χ0) is 13.9. The van der Waals surface area contributed by atoms with Crippen LogP contribution in [0.15, 0.2) is 22.7 Å². The highest BCUT2D eigenvalue weighted by Gasteiger charge is 2.18. The maximum absolute atomic E-state index is 11.6. The molecule has 0 saturated heterocycles. The summed E-state index contributed by atoms with van der Waals surface area (Å²) in [5.74, 6) is 0. The molecule has 0 aromatic heterocycles. The van der Waals surface area contributed by atoms with E-state index in [1.54, 1.807) is 6.07 Å². The van der Waals surface area contributed by atoms with Gasteiger partial charge in [0.2, 0.25) is 0 Å². The molecule has 0 bridgehead atoms. The molecule has 100 valence electrons. The summed E-state index contributed by atoms with van der Waals surface area (Å²) in [5.41, 5.74) is 0.416. The van der Waals surface area contributed by atoms with Gasteiger partial charge in [-0.15, -0.1) is 0 Å². The first-order valence-corrected chi connectivity index (χ1v) is 6.80. The molecule has 0 fully saturated rings. The van der Waals surface area contributed by atoms with Crippen LogP contribution in [0.1, 0.15) is 39.3 Å². The first-order chi connectivity index (χ1) is 8.17. The number of rotatable bonds is 2. The third kappa shape index (κ3) is 5.27. The molecule has 3 nitrogen and oxygen atoms in total. The summed E-state index contributed by atoms with van der Waals surface area (Å²) in [6.07, 6.45) is -0.439. The highest BCUT2D eigenvalue weighted by Crippen LogP contribution is 2.24. The van der Waals surface area contributed by atoms with Crippen molar-refractivity contribution in [3.63, 3.8) is 0 Å². The maximum atomic E-state index is 11.6. The summed E-state index contributed by atoms with van der Waals surface area (Å²) in [4.78, 5) is 11.6. The fraction of sp³-hybridized carbons (Fsp3) is 0.462. The lowest BCUT2D eigenvalue weighted by Crippen LogP contribution is -2.34. The number of halogens is 2. The van der Waals surface area contributed by atoms with E-state index in [1.165, 1.54) is 0 Å². The zero-order valence-electron chi connectivity index (χ0n) is 10.9. The van der Waals surface area contributed by atoms with Crippen LogP contribution in [0, 0.1) is 0 Å². The Morgan fingerprint density at radius 3 is 2.50 bits per heavy atom. The number of hydrogen-bond donors (Lipinski definition) is 1. The minimum atomic E-state index is -0.501. The number of amides is 1. The molecule has 0 aliphatic carbocycles. The van der Waals surface area contributed by atoms with Crippen LogP contribution in [0.25, 0.3) is 0 Å². The number of alkyl carbamates (subject to hydrolysis) is 1. The van der Waals surface area contributed by atoms with Crippen molar-refractivity contribution in [2.75, 3.05) is 0 Å². The lowest BCUT2D eigenvalue weighted by atomic mass is 10.1. The number of nitrogens with one attached hydrogen (secondary N) is 1. The molecule has 0 aliphatic heterocycles. The fourth-order valence-corrected chi connectivity index (χ4v) is 2.28. The van der Waals surface area contributed by atoms with Gasteiger partial charge in [-0.3, -0.25) is 0 Å². The van der Waals surface area contributed by atoms with E-state index in [2.05, 4.69) is 21.2 Å². The van der Waals surface area contributed by atoms with Crippen LogP contribution in [0.2, 0.25) is 5.02 Å². The highest BCUT2D eigenvalue weighted by molar-refractivity contribution is 9.10. The number of carbonyl (C=O) groups excluding carboxylic acids is 1. The van der Waals surface area contributed by atoms with Crippen LogP contribution in [0.3, 0.4) is 0 Å². The quantitative estimate of drug-likeness (QED) is 0.852. The van der Waals surface area contributed by atoms with Gasteiger partial charge in [0.1, 0.15) is 5.60 Å². The molecule has 1 N–H and O–H groups in total. The van der Waals surface area contributed by atoms with E-state index >= 15 is 0 Å².